The van der Waals surface area contributed by atoms with Crippen LogP contribution in [0.2, 0.25) is 5.02 Å². The summed E-state index contributed by atoms with van der Waals surface area (Å²) in [6, 6.07) is 16.0. The van der Waals surface area contributed by atoms with Crippen molar-refractivity contribution in [2.75, 3.05) is 31.3 Å². The van der Waals surface area contributed by atoms with Gasteiger partial charge in [0.1, 0.15) is 12.6 Å². The summed E-state index contributed by atoms with van der Waals surface area (Å²) in [5.41, 5.74) is 3.25. The van der Waals surface area contributed by atoms with Gasteiger partial charge in [-0.2, -0.15) is 4.68 Å². The number of tetrazole rings is 1. The summed E-state index contributed by atoms with van der Waals surface area (Å²) in [6.07, 6.45) is 0.174. The molecular weight excluding hydrogens is 396 g/mol. The first kappa shape index (κ1) is 19.2. The van der Waals surface area contributed by atoms with Gasteiger partial charge in [-0.15, -0.1) is 5.10 Å². The molecule has 9 heteroatoms. The van der Waals surface area contributed by atoms with Gasteiger partial charge >= 0.3 is 0 Å². The Hall–Kier alpha value is -2.13. The first-order valence-corrected chi connectivity index (χ1v) is 10.4. The van der Waals surface area contributed by atoms with Crippen molar-refractivity contribution in [1.29, 1.82) is 0 Å². The highest BCUT2D eigenvalue weighted by molar-refractivity contribution is 7.99. The molecule has 1 aromatic heterocycles. The molecule has 2 atom stereocenters. The van der Waals surface area contributed by atoms with E-state index < -0.39 is 0 Å². The van der Waals surface area contributed by atoms with E-state index in [4.69, 9.17) is 16.3 Å². The van der Waals surface area contributed by atoms with E-state index in [1.54, 1.807) is 16.4 Å². The van der Waals surface area contributed by atoms with Crippen molar-refractivity contribution < 1.29 is 10.1 Å². The fraction of sp³-hybridized carbons (Fsp3) is 0.316. The topological polar surface area (TPSA) is 72.7 Å². The summed E-state index contributed by atoms with van der Waals surface area (Å²) in [6.45, 7) is 0.912. The third-order valence-corrected chi connectivity index (χ3v) is 5.90. The van der Waals surface area contributed by atoms with E-state index in [1.807, 2.05) is 38.4 Å². The normalized spacial score (nSPS) is 19.1. The Balaban J connectivity index is 1.35. The number of anilines is 1. The van der Waals surface area contributed by atoms with Crippen LogP contribution in [0.25, 0.3) is 5.69 Å². The molecule has 28 heavy (non-hydrogen) atoms. The molecule has 2 N–H and O–H groups in total. The van der Waals surface area contributed by atoms with Crippen LogP contribution in [0.3, 0.4) is 0 Å². The van der Waals surface area contributed by atoms with Crippen LogP contribution < -0.4 is 10.2 Å². The van der Waals surface area contributed by atoms with Crippen LogP contribution in [0.15, 0.2) is 53.7 Å². The minimum Gasteiger partial charge on any atom is -0.378 e. The molecule has 4 rings (SSSR count). The van der Waals surface area contributed by atoms with Crippen molar-refractivity contribution >= 4 is 29.1 Å². The summed E-state index contributed by atoms with van der Waals surface area (Å²) in [4.78, 5) is 2.09. The molecular formula is C19H22ClN6OS+. The maximum absolute atomic E-state index is 6.22. The van der Waals surface area contributed by atoms with Gasteiger partial charge in [0.2, 0.25) is 11.4 Å². The molecule has 0 aliphatic carbocycles. The van der Waals surface area contributed by atoms with E-state index in [2.05, 4.69) is 50.0 Å². The van der Waals surface area contributed by atoms with E-state index in [1.165, 1.54) is 11.3 Å². The van der Waals surface area contributed by atoms with E-state index in [-0.39, 0.29) is 12.3 Å². The molecule has 2 heterocycles. The lowest BCUT2D eigenvalue weighted by Gasteiger charge is -2.14. The van der Waals surface area contributed by atoms with Crippen LogP contribution in [-0.4, -0.2) is 52.7 Å². The largest absolute Gasteiger partial charge is 0.378 e. The number of halogens is 1. The van der Waals surface area contributed by atoms with Crippen molar-refractivity contribution in [3.63, 3.8) is 0 Å². The fourth-order valence-corrected chi connectivity index (χ4v) is 4.09. The van der Waals surface area contributed by atoms with Gasteiger partial charge in [-0.1, -0.05) is 23.4 Å². The van der Waals surface area contributed by atoms with Crippen molar-refractivity contribution in [3.05, 3.63) is 59.1 Å². The molecule has 0 amide bonds. The van der Waals surface area contributed by atoms with E-state index in [0.29, 0.717) is 5.02 Å². The number of rotatable bonds is 6. The number of ether oxygens (including phenoxy) is 1. The molecule has 146 valence electrons. The molecule has 1 aliphatic rings. The second-order valence-electron chi connectivity index (χ2n) is 6.80. The van der Waals surface area contributed by atoms with Gasteiger partial charge in [0.05, 0.1) is 5.69 Å². The van der Waals surface area contributed by atoms with Crippen LogP contribution in [0, 0.1) is 0 Å². The van der Waals surface area contributed by atoms with Gasteiger partial charge in [-0.3, -0.25) is 0 Å². The molecule has 1 aliphatic heterocycles. The number of hydrogen-bond donors (Lipinski definition) is 1. The Bertz CT molecular complexity index is 915. The Morgan fingerprint density at radius 3 is 2.64 bits per heavy atom. The van der Waals surface area contributed by atoms with Gasteiger partial charge in [-0.05, 0) is 59.0 Å². The SMILES string of the molecule is CN(C)c1ccc([C@@H]2[NH2+]C[C@H](CSc3nnnn3-c3ccc(Cl)cc3)O2)cc1. The van der Waals surface area contributed by atoms with Crippen molar-refractivity contribution in [2.45, 2.75) is 17.5 Å². The van der Waals surface area contributed by atoms with Gasteiger partial charge in [0.25, 0.3) is 0 Å². The number of benzene rings is 2. The molecule has 7 nitrogen and oxygen atoms in total. The molecule has 0 spiro atoms. The molecule has 2 aromatic carbocycles. The second kappa shape index (κ2) is 8.48. The zero-order valence-corrected chi connectivity index (χ0v) is 17.3. The zero-order chi connectivity index (χ0) is 19.5. The lowest BCUT2D eigenvalue weighted by Crippen LogP contribution is -2.82. The average Bonchev–Trinajstić information content (AvgIpc) is 3.36. The van der Waals surface area contributed by atoms with Gasteiger partial charge < -0.3 is 15.0 Å². The molecule has 0 saturated carbocycles. The van der Waals surface area contributed by atoms with Crippen LogP contribution in [0.1, 0.15) is 11.8 Å². The van der Waals surface area contributed by atoms with Crippen molar-refractivity contribution in [1.82, 2.24) is 20.2 Å². The number of nitrogens with zero attached hydrogens (tertiary/aromatic N) is 5. The van der Waals surface area contributed by atoms with Gasteiger partial charge in [0.15, 0.2) is 0 Å². The van der Waals surface area contributed by atoms with Crippen molar-refractivity contribution in [2.24, 2.45) is 0 Å². The third kappa shape index (κ3) is 4.30. The monoisotopic (exact) mass is 417 g/mol. The summed E-state index contributed by atoms with van der Waals surface area (Å²) < 4.78 is 7.94. The smallest absolute Gasteiger partial charge is 0.217 e. The van der Waals surface area contributed by atoms with Crippen LogP contribution >= 0.6 is 23.4 Å². The molecule has 1 fully saturated rings. The highest BCUT2D eigenvalue weighted by atomic mass is 35.5. The number of nitrogens with two attached hydrogens (primary N) is 1. The lowest BCUT2D eigenvalue weighted by atomic mass is 10.2. The number of quaternary nitrogens is 1. The fourth-order valence-electron chi connectivity index (χ4n) is 3.06. The molecule has 0 radical (unpaired) electrons. The minimum absolute atomic E-state index is 0.0362. The summed E-state index contributed by atoms with van der Waals surface area (Å²) in [5, 5.41) is 15.7. The standard InChI is InChI=1S/C19H21ClN6OS/c1-25(2)15-7-3-13(4-8-15)18-21-11-17(27-18)12-28-19-22-23-24-26(19)16-9-5-14(20)6-10-16/h3-10,17-18,21H,11-12H2,1-2H3/p+1/t17-,18-/m1/s1. The summed E-state index contributed by atoms with van der Waals surface area (Å²) in [7, 11) is 4.08. The average molecular weight is 418 g/mol. The van der Waals surface area contributed by atoms with E-state index in [9.17, 15) is 0 Å². The molecule has 0 unspecified atom stereocenters. The molecule has 1 saturated heterocycles. The predicted molar refractivity (Wildman–Crippen MR) is 110 cm³/mol. The first-order chi connectivity index (χ1) is 13.6. The summed E-state index contributed by atoms with van der Waals surface area (Å²) in [5.74, 6) is 0.788. The Kier molecular flexibility index (Phi) is 5.82. The maximum atomic E-state index is 6.22. The third-order valence-electron chi connectivity index (χ3n) is 4.60. The molecule has 0 bridgehead atoms. The van der Waals surface area contributed by atoms with Crippen LogP contribution in [0.5, 0.6) is 0 Å². The lowest BCUT2D eigenvalue weighted by molar-refractivity contribution is -0.697. The van der Waals surface area contributed by atoms with Crippen molar-refractivity contribution in [3.8, 4) is 5.69 Å². The highest BCUT2D eigenvalue weighted by Gasteiger charge is 2.30. The van der Waals surface area contributed by atoms with E-state index >= 15 is 0 Å². The number of aromatic nitrogens is 4. The predicted octanol–water partition coefficient (Wildman–Crippen LogP) is 2.13. The zero-order valence-electron chi connectivity index (χ0n) is 15.7. The quantitative estimate of drug-likeness (QED) is 0.619. The first-order valence-electron chi connectivity index (χ1n) is 9.03. The molecule has 3 aromatic rings. The maximum Gasteiger partial charge on any atom is 0.217 e. The Labute approximate surface area is 173 Å². The highest BCUT2D eigenvalue weighted by Crippen LogP contribution is 2.24. The van der Waals surface area contributed by atoms with E-state index in [0.717, 1.165) is 23.1 Å². The summed E-state index contributed by atoms with van der Waals surface area (Å²) >= 11 is 7.56. The number of thioether (sulfide) groups is 1. The second-order valence-corrected chi connectivity index (χ2v) is 8.22. The number of hydrogen-bond acceptors (Lipinski definition) is 6. The Morgan fingerprint density at radius 2 is 1.93 bits per heavy atom. The van der Waals surface area contributed by atoms with Gasteiger partial charge in [-0.25, -0.2) is 0 Å². The minimum atomic E-state index is 0.0362. The van der Waals surface area contributed by atoms with Crippen LogP contribution in [0.4, 0.5) is 5.69 Å². The van der Waals surface area contributed by atoms with Crippen LogP contribution in [-0.2, 0) is 4.74 Å². The van der Waals surface area contributed by atoms with Gasteiger partial charge in [0, 0.05) is 36.1 Å². The Morgan fingerprint density at radius 1 is 1.18 bits per heavy atom.